The number of carbonyl (C=O) groups excluding carboxylic acids is 1. The van der Waals surface area contributed by atoms with E-state index in [4.69, 9.17) is 4.74 Å². The van der Waals surface area contributed by atoms with Gasteiger partial charge in [0.25, 0.3) is 5.91 Å². The Balaban J connectivity index is 1.60. The van der Waals surface area contributed by atoms with Gasteiger partial charge in [-0.2, -0.15) is 0 Å². The molecule has 0 radical (unpaired) electrons. The van der Waals surface area contributed by atoms with E-state index in [-0.39, 0.29) is 11.9 Å². The van der Waals surface area contributed by atoms with Crippen LogP contribution in [-0.2, 0) is 17.6 Å². The zero-order chi connectivity index (χ0) is 17.6. The summed E-state index contributed by atoms with van der Waals surface area (Å²) in [5.41, 5.74) is 3.43. The first-order valence-corrected chi connectivity index (χ1v) is 8.48. The molecule has 2 N–H and O–H groups in total. The average molecular weight is 341 g/mol. The first-order valence-electron chi connectivity index (χ1n) is 8.48. The smallest absolute Gasteiger partial charge is 0.270 e. The number of amides is 1. The Labute approximate surface area is 147 Å². The Kier molecular flexibility index (Phi) is 5.55. The predicted molar refractivity (Wildman–Crippen MR) is 94.7 cm³/mol. The van der Waals surface area contributed by atoms with Crippen molar-refractivity contribution in [2.24, 2.45) is 0 Å². The third-order valence-corrected chi connectivity index (χ3v) is 4.20. The van der Waals surface area contributed by atoms with Crippen LogP contribution in [0.25, 0.3) is 0 Å². The SMILES string of the molecule is COCCNc1ncc2c(n1)CC[C@H](NC(=O)c1cccc(C)n1)C2. The summed E-state index contributed by atoms with van der Waals surface area (Å²) >= 11 is 0. The number of nitrogens with one attached hydrogen (secondary N) is 2. The molecule has 1 aliphatic carbocycles. The minimum absolute atomic E-state index is 0.0817. The highest BCUT2D eigenvalue weighted by molar-refractivity contribution is 5.92. The lowest BCUT2D eigenvalue weighted by atomic mass is 9.93. The third-order valence-electron chi connectivity index (χ3n) is 4.20. The van der Waals surface area contributed by atoms with Crippen LogP contribution in [0.3, 0.4) is 0 Å². The molecule has 25 heavy (non-hydrogen) atoms. The number of ether oxygens (including phenoxy) is 1. The number of aromatic nitrogens is 3. The van der Waals surface area contributed by atoms with Crippen molar-refractivity contribution < 1.29 is 9.53 Å². The van der Waals surface area contributed by atoms with Crippen molar-refractivity contribution in [1.82, 2.24) is 20.3 Å². The number of carbonyl (C=O) groups is 1. The van der Waals surface area contributed by atoms with E-state index in [1.165, 1.54) is 0 Å². The van der Waals surface area contributed by atoms with Crippen LogP contribution in [0.2, 0.25) is 0 Å². The fraction of sp³-hybridized carbons (Fsp3) is 0.444. The maximum absolute atomic E-state index is 12.4. The van der Waals surface area contributed by atoms with E-state index in [1.54, 1.807) is 13.2 Å². The number of methoxy groups -OCH3 is 1. The topological polar surface area (TPSA) is 89.0 Å². The summed E-state index contributed by atoms with van der Waals surface area (Å²) in [4.78, 5) is 25.5. The molecule has 0 saturated carbocycles. The Morgan fingerprint density at radius 3 is 3.04 bits per heavy atom. The number of rotatable bonds is 6. The highest BCUT2D eigenvalue weighted by atomic mass is 16.5. The quantitative estimate of drug-likeness (QED) is 0.775. The number of aryl methyl sites for hydroxylation is 2. The van der Waals surface area contributed by atoms with E-state index < -0.39 is 0 Å². The van der Waals surface area contributed by atoms with Crippen LogP contribution < -0.4 is 10.6 Å². The molecule has 1 amide bonds. The van der Waals surface area contributed by atoms with Gasteiger partial charge in [-0.05, 0) is 43.9 Å². The van der Waals surface area contributed by atoms with Crippen molar-refractivity contribution in [1.29, 1.82) is 0 Å². The van der Waals surface area contributed by atoms with Crippen molar-refractivity contribution >= 4 is 11.9 Å². The van der Waals surface area contributed by atoms with E-state index in [2.05, 4.69) is 25.6 Å². The van der Waals surface area contributed by atoms with Gasteiger partial charge in [-0.15, -0.1) is 0 Å². The van der Waals surface area contributed by atoms with Gasteiger partial charge in [-0.3, -0.25) is 4.79 Å². The molecule has 2 heterocycles. The minimum atomic E-state index is -0.129. The molecule has 0 aromatic carbocycles. The van der Waals surface area contributed by atoms with E-state index in [1.807, 2.05) is 25.3 Å². The molecule has 0 unspecified atom stereocenters. The van der Waals surface area contributed by atoms with Crippen LogP contribution in [0.1, 0.15) is 33.9 Å². The predicted octanol–water partition coefficient (Wildman–Crippen LogP) is 1.53. The number of anilines is 1. The molecule has 1 atom stereocenters. The standard InChI is InChI=1S/C18H23N5O2/c1-12-4-3-5-16(21-12)17(24)22-14-6-7-15-13(10-14)11-20-18(23-15)19-8-9-25-2/h3-5,11,14H,6-10H2,1-2H3,(H,22,24)(H,19,20,23)/t14-/m0/s1. The number of pyridine rings is 1. The number of fused-ring (bicyclic) bond motifs is 1. The van der Waals surface area contributed by atoms with Crippen LogP contribution in [0.5, 0.6) is 0 Å². The fourth-order valence-corrected chi connectivity index (χ4v) is 2.91. The molecule has 7 heteroatoms. The van der Waals surface area contributed by atoms with Crippen molar-refractivity contribution in [2.75, 3.05) is 25.6 Å². The maximum Gasteiger partial charge on any atom is 0.270 e. The number of hydrogen-bond donors (Lipinski definition) is 2. The van der Waals surface area contributed by atoms with E-state index in [9.17, 15) is 4.79 Å². The molecular formula is C18H23N5O2. The van der Waals surface area contributed by atoms with Gasteiger partial charge in [0, 0.05) is 37.3 Å². The lowest BCUT2D eigenvalue weighted by Gasteiger charge is -2.24. The van der Waals surface area contributed by atoms with Gasteiger partial charge in [0.05, 0.1) is 6.61 Å². The molecule has 1 aliphatic rings. The zero-order valence-electron chi connectivity index (χ0n) is 14.6. The molecule has 0 spiro atoms. The molecule has 2 aromatic rings. The second kappa shape index (κ2) is 8.02. The van der Waals surface area contributed by atoms with Crippen LogP contribution in [0.15, 0.2) is 24.4 Å². The van der Waals surface area contributed by atoms with Gasteiger partial charge in [0.15, 0.2) is 0 Å². The van der Waals surface area contributed by atoms with E-state index >= 15 is 0 Å². The second-order valence-corrected chi connectivity index (χ2v) is 6.16. The largest absolute Gasteiger partial charge is 0.383 e. The third kappa shape index (κ3) is 4.51. The minimum Gasteiger partial charge on any atom is -0.383 e. The van der Waals surface area contributed by atoms with Crippen LogP contribution in [0.4, 0.5) is 5.95 Å². The lowest BCUT2D eigenvalue weighted by molar-refractivity contribution is 0.0928. The molecule has 7 nitrogen and oxygen atoms in total. The maximum atomic E-state index is 12.4. The van der Waals surface area contributed by atoms with E-state index in [0.29, 0.717) is 24.8 Å². The molecule has 3 rings (SSSR count). The summed E-state index contributed by atoms with van der Waals surface area (Å²) in [7, 11) is 1.66. The normalized spacial score (nSPS) is 16.2. The van der Waals surface area contributed by atoms with Crippen molar-refractivity contribution in [3.63, 3.8) is 0 Å². The lowest BCUT2D eigenvalue weighted by Crippen LogP contribution is -2.39. The number of nitrogens with zero attached hydrogens (tertiary/aromatic N) is 3. The van der Waals surface area contributed by atoms with Crippen molar-refractivity contribution in [3.05, 3.63) is 47.0 Å². The highest BCUT2D eigenvalue weighted by Crippen LogP contribution is 2.20. The van der Waals surface area contributed by atoms with Gasteiger partial charge in [-0.1, -0.05) is 6.07 Å². The fourth-order valence-electron chi connectivity index (χ4n) is 2.91. The first-order chi connectivity index (χ1) is 12.2. The van der Waals surface area contributed by atoms with Crippen LogP contribution >= 0.6 is 0 Å². The molecule has 0 bridgehead atoms. The van der Waals surface area contributed by atoms with Crippen LogP contribution in [0, 0.1) is 6.92 Å². The summed E-state index contributed by atoms with van der Waals surface area (Å²) in [6.45, 7) is 3.17. The van der Waals surface area contributed by atoms with Crippen molar-refractivity contribution in [2.45, 2.75) is 32.2 Å². The van der Waals surface area contributed by atoms with Crippen LogP contribution in [-0.4, -0.2) is 47.2 Å². The van der Waals surface area contributed by atoms with Gasteiger partial charge >= 0.3 is 0 Å². The monoisotopic (exact) mass is 341 g/mol. The summed E-state index contributed by atoms with van der Waals surface area (Å²) in [5.74, 6) is 0.498. The van der Waals surface area contributed by atoms with Gasteiger partial charge in [-0.25, -0.2) is 15.0 Å². The van der Waals surface area contributed by atoms with E-state index in [0.717, 1.165) is 36.2 Å². The molecular weight excluding hydrogens is 318 g/mol. The molecule has 132 valence electrons. The highest BCUT2D eigenvalue weighted by Gasteiger charge is 2.22. The average Bonchev–Trinajstić information content (AvgIpc) is 2.62. The molecule has 0 fully saturated rings. The summed E-state index contributed by atoms with van der Waals surface area (Å²) in [5, 5.41) is 6.21. The summed E-state index contributed by atoms with van der Waals surface area (Å²) < 4.78 is 5.01. The molecule has 0 aliphatic heterocycles. The zero-order valence-corrected chi connectivity index (χ0v) is 14.6. The Hall–Kier alpha value is -2.54. The van der Waals surface area contributed by atoms with Crippen molar-refractivity contribution in [3.8, 4) is 0 Å². The van der Waals surface area contributed by atoms with Gasteiger partial charge < -0.3 is 15.4 Å². The second-order valence-electron chi connectivity index (χ2n) is 6.16. The number of hydrogen-bond acceptors (Lipinski definition) is 6. The summed E-state index contributed by atoms with van der Waals surface area (Å²) in [6, 6.07) is 5.54. The Morgan fingerprint density at radius 2 is 2.24 bits per heavy atom. The first kappa shape index (κ1) is 17.3. The molecule has 2 aromatic heterocycles. The summed E-state index contributed by atoms with van der Waals surface area (Å²) in [6.07, 6.45) is 4.27. The Morgan fingerprint density at radius 1 is 1.36 bits per heavy atom. The van der Waals surface area contributed by atoms with Gasteiger partial charge in [0.2, 0.25) is 5.95 Å². The Bertz CT molecular complexity index is 750. The van der Waals surface area contributed by atoms with Gasteiger partial charge in [0.1, 0.15) is 5.69 Å². The molecule has 0 saturated heterocycles.